The fraction of sp³-hybridized carbons (Fsp3) is 0. The maximum Gasteiger partial charge on any atom is 0.164 e. The largest absolute Gasteiger partial charge is 0.455 e. The fourth-order valence-electron chi connectivity index (χ4n) is 9.35. The zero-order valence-corrected chi connectivity index (χ0v) is 33.7. The molecule has 0 radical (unpaired) electrons. The topological polar surface area (TPSA) is 69.9 Å². The third-order valence-electron chi connectivity index (χ3n) is 12.3. The van der Waals surface area contributed by atoms with E-state index in [0.29, 0.717) is 17.5 Å². The molecule has 0 bridgehead atoms. The lowest BCUT2D eigenvalue weighted by Gasteiger charge is -2.12. The van der Waals surface area contributed by atoms with Gasteiger partial charge in [0.05, 0.1) is 11.0 Å². The minimum Gasteiger partial charge on any atom is -0.455 e. The minimum absolute atomic E-state index is 0.570. The van der Waals surface area contributed by atoms with E-state index in [2.05, 4.69) is 174 Å². The van der Waals surface area contributed by atoms with Gasteiger partial charge >= 0.3 is 0 Å². The van der Waals surface area contributed by atoms with Gasteiger partial charge in [-0.15, -0.1) is 0 Å². The first kappa shape index (κ1) is 35.2. The molecule has 294 valence electrons. The highest BCUT2D eigenvalue weighted by Gasteiger charge is 2.19. The van der Waals surface area contributed by atoms with Crippen LogP contribution in [-0.2, 0) is 0 Å². The number of furan rings is 2. The van der Waals surface area contributed by atoms with Crippen LogP contribution in [-0.4, -0.2) is 19.5 Å². The molecule has 0 unspecified atom stereocenters. The molecule has 6 nitrogen and oxygen atoms in total. The Balaban J connectivity index is 0.990. The summed E-state index contributed by atoms with van der Waals surface area (Å²) in [6.07, 6.45) is 0. The summed E-state index contributed by atoms with van der Waals surface area (Å²) >= 11 is 0. The first-order valence-electron chi connectivity index (χ1n) is 21.1. The van der Waals surface area contributed by atoms with Gasteiger partial charge in [-0.1, -0.05) is 158 Å². The molecule has 0 atom stereocenters. The number of benzene rings is 9. The van der Waals surface area contributed by atoms with Gasteiger partial charge in [0.15, 0.2) is 17.5 Å². The van der Waals surface area contributed by atoms with Gasteiger partial charge in [-0.05, 0) is 59.7 Å². The Labute approximate surface area is 361 Å². The summed E-state index contributed by atoms with van der Waals surface area (Å²) in [6.45, 7) is 0. The molecule has 9 aromatic carbocycles. The summed E-state index contributed by atoms with van der Waals surface area (Å²) in [5.74, 6) is 1.72. The van der Waals surface area contributed by atoms with Crippen molar-refractivity contribution < 1.29 is 8.83 Å². The van der Waals surface area contributed by atoms with Crippen LogP contribution in [0.25, 0.3) is 128 Å². The molecule has 0 saturated heterocycles. The van der Waals surface area contributed by atoms with E-state index in [-0.39, 0.29) is 0 Å². The average Bonchev–Trinajstić information content (AvgIpc) is 4.04. The van der Waals surface area contributed by atoms with E-state index in [4.69, 9.17) is 23.8 Å². The Morgan fingerprint density at radius 3 is 1.19 bits per heavy atom. The van der Waals surface area contributed by atoms with Crippen LogP contribution in [0.1, 0.15) is 0 Å². The molecule has 0 aliphatic carbocycles. The van der Waals surface area contributed by atoms with Crippen LogP contribution in [0, 0.1) is 0 Å². The van der Waals surface area contributed by atoms with Crippen LogP contribution in [0.5, 0.6) is 0 Å². The van der Waals surface area contributed by atoms with Crippen LogP contribution in [0.15, 0.2) is 215 Å². The van der Waals surface area contributed by atoms with Gasteiger partial charge in [0, 0.05) is 65.8 Å². The van der Waals surface area contributed by atoms with Crippen molar-refractivity contribution in [2.75, 3.05) is 0 Å². The monoisotopic (exact) mass is 806 g/mol. The van der Waals surface area contributed by atoms with Crippen molar-refractivity contribution in [2.24, 2.45) is 0 Å². The second kappa shape index (κ2) is 14.0. The average molecular weight is 807 g/mol. The van der Waals surface area contributed by atoms with Crippen molar-refractivity contribution in [3.63, 3.8) is 0 Å². The fourth-order valence-corrected chi connectivity index (χ4v) is 9.35. The molecule has 0 fully saturated rings. The van der Waals surface area contributed by atoms with E-state index in [1.807, 2.05) is 36.4 Å². The summed E-state index contributed by atoms with van der Waals surface area (Å²) in [4.78, 5) is 15.8. The molecule has 4 aromatic heterocycles. The van der Waals surface area contributed by atoms with E-state index in [0.717, 1.165) is 99.5 Å². The summed E-state index contributed by atoms with van der Waals surface area (Å²) in [7, 11) is 0. The van der Waals surface area contributed by atoms with Crippen LogP contribution in [0.2, 0.25) is 0 Å². The van der Waals surface area contributed by atoms with E-state index >= 15 is 0 Å². The molecule has 4 heterocycles. The van der Waals surface area contributed by atoms with Crippen molar-refractivity contribution in [1.82, 2.24) is 19.5 Å². The third kappa shape index (κ3) is 5.69. The van der Waals surface area contributed by atoms with Crippen LogP contribution in [0.3, 0.4) is 0 Å². The van der Waals surface area contributed by atoms with Gasteiger partial charge in [-0.2, -0.15) is 0 Å². The zero-order chi connectivity index (χ0) is 41.4. The van der Waals surface area contributed by atoms with Crippen LogP contribution < -0.4 is 0 Å². The summed E-state index contributed by atoms with van der Waals surface area (Å²) in [6, 6.07) is 71.4. The molecule has 13 rings (SSSR count). The van der Waals surface area contributed by atoms with Crippen LogP contribution >= 0.6 is 0 Å². The minimum atomic E-state index is 0.570. The molecule has 0 saturated carbocycles. The molecular formula is C57H34N4O2. The number of rotatable bonds is 6. The maximum absolute atomic E-state index is 6.47. The molecule has 0 aliphatic heterocycles. The number of para-hydroxylation sites is 6. The number of hydrogen-bond acceptors (Lipinski definition) is 5. The highest BCUT2D eigenvalue weighted by atomic mass is 16.3. The highest BCUT2D eigenvalue weighted by molar-refractivity contribution is 6.11. The summed E-state index contributed by atoms with van der Waals surface area (Å²) in [5.41, 5.74) is 13.4. The lowest BCUT2D eigenvalue weighted by molar-refractivity contribution is 0.669. The normalized spacial score (nSPS) is 11.8. The lowest BCUT2D eigenvalue weighted by Crippen LogP contribution is -2.01. The number of nitrogens with zero attached hydrogens (tertiary/aromatic N) is 4. The molecule has 0 N–H and O–H groups in total. The predicted octanol–water partition coefficient (Wildman–Crippen LogP) is 15.1. The van der Waals surface area contributed by atoms with Gasteiger partial charge < -0.3 is 13.4 Å². The Kier molecular flexibility index (Phi) is 7.80. The van der Waals surface area contributed by atoms with E-state index < -0.39 is 0 Å². The number of aromatic nitrogens is 4. The zero-order valence-electron chi connectivity index (χ0n) is 33.7. The highest BCUT2D eigenvalue weighted by Crippen LogP contribution is 2.40. The van der Waals surface area contributed by atoms with Gasteiger partial charge in [0.25, 0.3) is 0 Å². The van der Waals surface area contributed by atoms with Crippen molar-refractivity contribution in [2.45, 2.75) is 0 Å². The van der Waals surface area contributed by atoms with E-state index in [1.54, 1.807) is 0 Å². The maximum atomic E-state index is 6.47. The molecular weight excluding hydrogens is 773 g/mol. The molecule has 6 heteroatoms. The summed E-state index contributed by atoms with van der Waals surface area (Å²) in [5, 5.41) is 6.77. The van der Waals surface area contributed by atoms with Crippen molar-refractivity contribution >= 4 is 65.7 Å². The molecule has 13 aromatic rings. The van der Waals surface area contributed by atoms with Gasteiger partial charge in [-0.25, -0.2) is 15.0 Å². The standard InChI is InChI=1S/C57H34N4O2/c1-5-28-49-43(20-1)44-21-2-6-29-50(44)61(49)40-19-11-18-39(34-40)57-59-55(37-16-9-14-35(32-37)41-24-12-26-47-45-22-3-7-30-51(45)62-53(41)47)58-56(60-57)38-17-10-15-36(33-38)42-25-13-27-48-46-23-4-8-31-52(46)63-54(42)48/h1-34H. The SMILES string of the molecule is c1cc(-c2nc(-c3cccc(-c4cccc5c4oc4ccccc45)c3)nc(-c3cccc(-n4c5ccccc5c5ccccc54)c3)n2)cc(-c2cccc3c2oc2ccccc23)c1. The Morgan fingerprint density at radius 1 is 0.302 bits per heavy atom. The first-order chi connectivity index (χ1) is 31.2. The summed E-state index contributed by atoms with van der Waals surface area (Å²) < 4.78 is 15.3. The number of hydrogen-bond donors (Lipinski definition) is 0. The van der Waals surface area contributed by atoms with Crippen molar-refractivity contribution in [3.8, 4) is 62.1 Å². The Morgan fingerprint density at radius 2 is 0.683 bits per heavy atom. The van der Waals surface area contributed by atoms with Gasteiger partial charge in [0.1, 0.15) is 22.3 Å². The number of fused-ring (bicyclic) bond motifs is 9. The quantitative estimate of drug-likeness (QED) is 0.167. The second-order valence-corrected chi connectivity index (χ2v) is 15.9. The second-order valence-electron chi connectivity index (χ2n) is 15.9. The van der Waals surface area contributed by atoms with Crippen molar-refractivity contribution in [1.29, 1.82) is 0 Å². The lowest BCUT2D eigenvalue weighted by atomic mass is 9.99. The predicted molar refractivity (Wildman–Crippen MR) is 256 cm³/mol. The Hall–Kier alpha value is -8.61. The molecule has 0 aliphatic rings. The van der Waals surface area contributed by atoms with E-state index in [9.17, 15) is 0 Å². The third-order valence-corrected chi connectivity index (χ3v) is 12.3. The van der Waals surface area contributed by atoms with Gasteiger partial charge in [-0.3, -0.25) is 0 Å². The molecule has 0 amide bonds. The first-order valence-corrected chi connectivity index (χ1v) is 21.1. The van der Waals surface area contributed by atoms with Crippen LogP contribution in [0.4, 0.5) is 0 Å². The molecule has 63 heavy (non-hydrogen) atoms. The van der Waals surface area contributed by atoms with Gasteiger partial charge in [0.2, 0.25) is 0 Å². The smallest absolute Gasteiger partial charge is 0.164 e. The van der Waals surface area contributed by atoms with E-state index in [1.165, 1.54) is 10.8 Å². The van der Waals surface area contributed by atoms with Crippen molar-refractivity contribution in [3.05, 3.63) is 206 Å². The Bertz CT molecular complexity index is 3720. The molecule has 0 spiro atoms.